The fraction of sp³-hybridized carbons (Fsp3) is 0.357. The third-order valence-corrected chi connectivity index (χ3v) is 3.02. The summed E-state index contributed by atoms with van der Waals surface area (Å²) in [5, 5.41) is 10.1. The molecular formula is C14H17FN4O2. The molecule has 112 valence electrons. The van der Waals surface area contributed by atoms with E-state index in [4.69, 9.17) is 4.42 Å². The summed E-state index contributed by atoms with van der Waals surface area (Å²) in [7, 11) is 0. The van der Waals surface area contributed by atoms with E-state index in [0.717, 1.165) is 13.1 Å². The van der Waals surface area contributed by atoms with Gasteiger partial charge in [-0.1, -0.05) is 18.9 Å². The number of carbonyl (C=O) groups is 1. The number of hydrogen-bond donors (Lipinski definition) is 1. The maximum absolute atomic E-state index is 12.8. The lowest BCUT2D eigenvalue weighted by Crippen LogP contribution is -2.32. The van der Waals surface area contributed by atoms with Crippen LogP contribution in [0, 0.1) is 5.82 Å². The molecular weight excluding hydrogens is 275 g/mol. The van der Waals surface area contributed by atoms with Crippen molar-refractivity contribution < 1.29 is 13.6 Å². The highest BCUT2D eigenvalue weighted by Gasteiger charge is 2.13. The Hall–Kier alpha value is -2.28. The van der Waals surface area contributed by atoms with Gasteiger partial charge < -0.3 is 4.42 Å². The number of nitrogens with zero attached hydrogens (tertiary/aromatic N) is 3. The van der Waals surface area contributed by atoms with Crippen molar-refractivity contribution in [1.82, 2.24) is 15.1 Å². The summed E-state index contributed by atoms with van der Waals surface area (Å²) >= 11 is 0. The van der Waals surface area contributed by atoms with Crippen molar-refractivity contribution in [3.63, 3.8) is 0 Å². The smallest absolute Gasteiger partial charge is 0.322 e. The topological polar surface area (TPSA) is 71.3 Å². The van der Waals surface area contributed by atoms with Crippen molar-refractivity contribution in [2.45, 2.75) is 13.8 Å². The highest BCUT2D eigenvalue weighted by molar-refractivity contribution is 5.90. The molecule has 2 aromatic rings. The van der Waals surface area contributed by atoms with Gasteiger partial charge in [0.2, 0.25) is 11.8 Å². The molecule has 0 aliphatic carbocycles. The summed E-state index contributed by atoms with van der Waals surface area (Å²) in [6.07, 6.45) is 0. The Morgan fingerprint density at radius 3 is 2.52 bits per heavy atom. The normalized spacial score (nSPS) is 10.9. The maximum Gasteiger partial charge on any atom is 0.322 e. The Bertz CT molecular complexity index is 593. The average Bonchev–Trinajstić information content (AvgIpc) is 2.94. The van der Waals surface area contributed by atoms with Gasteiger partial charge in [0.15, 0.2) is 0 Å². The van der Waals surface area contributed by atoms with Crippen LogP contribution >= 0.6 is 0 Å². The van der Waals surface area contributed by atoms with Gasteiger partial charge in [-0.25, -0.2) is 4.39 Å². The van der Waals surface area contributed by atoms with Gasteiger partial charge in [-0.3, -0.25) is 15.0 Å². The fourth-order valence-electron chi connectivity index (χ4n) is 1.79. The summed E-state index contributed by atoms with van der Waals surface area (Å²) in [5.41, 5.74) is 0.591. The number of likely N-dealkylation sites (N-methyl/N-ethyl adjacent to an activating group) is 1. The quantitative estimate of drug-likeness (QED) is 0.883. The van der Waals surface area contributed by atoms with Crippen LogP contribution in [0.3, 0.4) is 0 Å². The lowest BCUT2D eigenvalue weighted by atomic mass is 10.2. The van der Waals surface area contributed by atoms with E-state index in [1.165, 1.54) is 24.3 Å². The number of rotatable bonds is 6. The van der Waals surface area contributed by atoms with Crippen molar-refractivity contribution in [3.8, 4) is 11.5 Å². The van der Waals surface area contributed by atoms with E-state index >= 15 is 0 Å². The van der Waals surface area contributed by atoms with Crippen LogP contribution in [0.4, 0.5) is 10.4 Å². The predicted molar refractivity (Wildman–Crippen MR) is 76.1 cm³/mol. The van der Waals surface area contributed by atoms with Crippen molar-refractivity contribution in [3.05, 3.63) is 30.1 Å². The molecule has 0 unspecified atom stereocenters. The van der Waals surface area contributed by atoms with Gasteiger partial charge >= 0.3 is 6.01 Å². The standard InChI is InChI=1S/C14H17FN4O2/c1-3-19(4-2)9-12(20)16-14-18-17-13(21-14)10-5-7-11(15)8-6-10/h5-8H,3-4,9H2,1-2H3,(H,16,18,20). The van der Waals surface area contributed by atoms with E-state index in [1.54, 1.807) is 0 Å². The third kappa shape index (κ3) is 4.09. The summed E-state index contributed by atoms with van der Waals surface area (Å²) in [5.74, 6) is -0.327. The van der Waals surface area contributed by atoms with Gasteiger partial charge in [0, 0.05) is 5.56 Å². The molecule has 1 heterocycles. The molecule has 21 heavy (non-hydrogen) atoms. The van der Waals surface area contributed by atoms with E-state index < -0.39 is 0 Å². The highest BCUT2D eigenvalue weighted by Crippen LogP contribution is 2.19. The zero-order valence-corrected chi connectivity index (χ0v) is 12.0. The van der Waals surface area contributed by atoms with Crippen LogP contribution in [0.5, 0.6) is 0 Å². The van der Waals surface area contributed by atoms with Crippen LogP contribution < -0.4 is 5.32 Å². The second-order valence-corrected chi connectivity index (χ2v) is 4.43. The molecule has 0 saturated carbocycles. The molecule has 0 radical (unpaired) electrons. The average molecular weight is 292 g/mol. The Labute approximate surface area is 122 Å². The molecule has 6 nitrogen and oxygen atoms in total. The molecule has 2 rings (SSSR count). The van der Waals surface area contributed by atoms with Crippen molar-refractivity contribution >= 4 is 11.9 Å². The Balaban J connectivity index is 2.00. The molecule has 0 spiro atoms. The molecule has 1 N–H and O–H groups in total. The number of carbonyl (C=O) groups excluding carboxylic acids is 1. The Kier molecular flexibility index (Phi) is 4.99. The molecule has 7 heteroatoms. The van der Waals surface area contributed by atoms with Gasteiger partial charge in [0.05, 0.1) is 6.54 Å². The summed E-state index contributed by atoms with van der Waals surface area (Å²) < 4.78 is 18.2. The van der Waals surface area contributed by atoms with E-state index in [1.807, 2.05) is 18.7 Å². The van der Waals surface area contributed by atoms with Crippen molar-refractivity contribution in [1.29, 1.82) is 0 Å². The first-order chi connectivity index (χ1) is 10.1. The van der Waals surface area contributed by atoms with Gasteiger partial charge in [0.25, 0.3) is 0 Å². The SMILES string of the molecule is CCN(CC)CC(=O)Nc1nnc(-c2ccc(F)cc2)o1. The third-order valence-electron chi connectivity index (χ3n) is 3.02. The molecule has 0 atom stereocenters. The van der Waals surface area contributed by atoms with E-state index in [2.05, 4.69) is 15.5 Å². The number of halogens is 1. The lowest BCUT2D eigenvalue weighted by Gasteiger charge is -2.16. The molecule has 1 aromatic heterocycles. The fourth-order valence-corrected chi connectivity index (χ4v) is 1.79. The minimum atomic E-state index is -0.342. The largest absolute Gasteiger partial charge is 0.403 e. The van der Waals surface area contributed by atoms with Crippen LogP contribution in [-0.2, 0) is 4.79 Å². The van der Waals surface area contributed by atoms with E-state index in [9.17, 15) is 9.18 Å². The first kappa shape index (κ1) is 15.1. The van der Waals surface area contributed by atoms with E-state index in [-0.39, 0.29) is 30.2 Å². The molecule has 0 aliphatic rings. The van der Waals surface area contributed by atoms with Crippen molar-refractivity contribution in [2.24, 2.45) is 0 Å². The van der Waals surface area contributed by atoms with Crippen LogP contribution in [-0.4, -0.2) is 40.6 Å². The summed E-state index contributed by atoms with van der Waals surface area (Å²) in [6.45, 7) is 5.80. The molecule has 0 bridgehead atoms. The number of anilines is 1. The number of amides is 1. The minimum absolute atomic E-state index is 0.0338. The first-order valence-electron chi connectivity index (χ1n) is 6.74. The number of hydrogen-bond acceptors (Lipinski definition) is 5. The van der Waals surface area contributed by atoms with Crippen LogP contribution in [0.2, 0.25) is 0 Å². The maximum atomic E-state index is 12.8. The molecule has 0 fully saturated rings. The van der Waals surface area contributed by atoms with Crippen molar-refractivity contribution in [2.75, 3.05) is 25.0 Å². The number of benzene rings is 1. The Morgan fingerprint density at radius 1 is 1.24 bits per heavy atom. The molecule has 1 amide bonds. The van der Waals surface area contributed by atoms with Gasteiger partial charge in [-0.2, -0.15) is 0 Å². The minimum Gasteiger partial charge on any atom is -0.403 e. The molecule has 0 aliphatic heterocycles. The van der Waals surface area contributed by atoms with Gasteiger partial charge in [0.1, 0.15) is 5.82 Å². The van der Waals surface area contributed by atoms with Gasteiger partial charge in [-0.05, 0) is 37.4 Å². The second kappa shape index (κ2) is 6.94. The molecule has 0 saturated heterocycles. The second-order valence-electron chi connectivity index (χ2n) is 4.43. The monoisotopic (exact) mass is 292 g/mol. The van der Waals surface area contributed by atoms with Crippen LogP contribution in [0.1, 0.15) is 13.8 Å². The van der Waals surface area contributed by atoms with Crippen LogP contribution in [0.25, 0.3) is 11.5 Å². The Morgan fingerprint density at radius 2 is 1.90 bits per heavy atom. The van der Waals surface area contributed by atoms with E-state index in [0.29, 0.717) is 5.56 Å². The zero-order chi connectivity index (χ0) is 15.2. The first-order valence-corrected chi connectivity index (χ1v) is 6.74. The summed E-state index contributed by atoms with van der Waals surface area (Å²) in [6, 6.07) is 5.71. The predicted octanol–water partition coefficient (Wildman–Crippen LogP) is 2.16. The highest BCUT2D eigenvalue weighted by atomic mass is 19.1. The lowest BCUT2D eigenvalue weighted by molar-refractivity contribution is -0.117. The zero-order valence-electron chi connectivity index (χ0n) is 12.0. The number of aromatic nitrogens is 2. The number of nitrogens with one attached hydrogen (secondary N) is 1. The van der Waals surface area contributed by atoms with Gasteiger partial charge in [-0.15, -0.1) is 5.10 Å². The summed E-state index contributed by atoms with van der Waals surface area (Å²) in [4.78, 5) is 13.8. The van der Waals surface area contributed by atoms with Crippen LogP contribution in [0.15, 0.2) is 28.7 Å². The molecule has 1 aromatic carbocycles.